The van der Waals surface area contributed by atoms with Gasteiger partial charge in [0.25, 0.3) is 0 Å². The zero-order valence-electron chi connectivity index (χ0n) is 8.41. The fourth-order valence-electron chi connectivity index (χ4n) is 1.40. The van der Waals surface area contributed by atoms with Crippen molar-refractivity contribution in [3.63, 3.8) is 0 Å². The first-order chi connectivity index (χ1) is 6.49. The van der Waals surface area contributed by atoms with Gasteiger partial charge in [0, 0.05) is 0 Å². The average Bonchev–Trinajstić information content (AvgIpc) is 2.35. The quantitative estimate of drug-likeness (QED) is 0.843. The fraction of sp³-hybridized carbons (Fsp3) is 0.556. The Morgan fingerprint density at radius 1 is 1.64 bits per heavy atom. The van der Waals surface area contributed by atoms with Crippen molar-refractivity contribution in [2.75, 3.05) is 0 Å². The van der Waals surface area contributed by atoms with Gasteiger partial charge in [-0.2, -0.15) is 5.10 Å². The Morgan fingerprint density at radius 3 is 2.50 bits per heavy atom. The number of aromatic nitrogens is 2. The van der Waals surface area contributed by atoms with Crippen LogP contribution in [0.2, 0.25) is 5.02 Å². The molecule has 14 heavy (non-hydrogen) atoms. The minimum atomic E-state index is -0.880. The van der Waals surface area contributed by atoms with Crippen molar-refractivity contribution >= 4 is 17.6 Å². The second kappa shape index (κ2) is 4.00. The van der Waals surface area contributed by atoms with E-state index in [2.05, 4.69) is 5.10 Å². The van der Waals surface area contributed by atoms with Gasteiger partial charge in [-0.25, -0.2) is 4.79 Å². The van der Waals surface area contributed by atoms with E-state index >= 15 is 0 Å². The maximum atomic E-state index is 10.9. The Balaban J connectivity index is 3.17. The predicted molar refractivity (Wildman–Crippen MR) is 53.7 cm³/mol. The summed E-state index contributed by atoms with van der Waals surface area (Å²) in [6.45, 7) is 5.34. The lowest BCUT2D eigenvalue weighted by Gasteiger charge is -2.11. The van der Waals surface area contributed by atoms with Crippen LogP contribution in [0.15, 0.2) is 0 Å². The van der Waals surface area contributed by atoms with Crippen molar-refractivity contribution in [2.45, 2.75) is 33.2 Å². The normalized spacial score (nSPS) is 12.9. The number of carbonyl (C=O) groups is 1. The molecule has 1 aromatic rings. The van der Waals surface area contributed by atoms with Gasteiger partial charge < -0.3 is 5.11 Å². The number of carboxylic acid groups (broad SMARTS) is 1. The van der Waals surface area contributed by atoms with E-state index in [0.29, 0.717) is 22.8 Å². The summed E-state index contributed by atoms with van der Waals surface area (Å²) in [5.41, 5.74) is 1.38. The summed E-state index contributed by atoms with van der Waals surface area (Å²) in [6, 6.07) is -0.624. The highest BCUT2D eigenvalue weighted by Gasteiger charge is 2.22. The monoisotopic (exact) mass is 216 g/mol. The molecule has 0 aliphatic heterocycles. The number of halogens is 1. The topological polar surface area (TPSA) is 55.1 Å². The molecule has 0 saturated carbocycles. The molecule has 0 aliphatic carbocycles. The third-order valence-electron chi connectivity index (χ3n) is 2.20. The maximum Gasteiger partial charge on any atom is 0.328 e. The van der Waals surface area contributed by atoms with Gasteiger partial charge in [-0.1, -0.05) is 18.5 Å². The zero-order valence-corrected chi connectivity index (χ0v) is 9.17. The van der Waals surface area contributed by atoms with Crippen molar-refractivity contribution in [1.82, 2.24) is 9.78 Å². The van der Waals surface area contributed by atoms with Crippen LogP contribution >= 0.6 is 11.6 Å². The van der Waals surface area contributed by atoms with E-state index in [1.165, 1.54) is 4.68 Å². The molecule has 5 heteroatoms. The van der Waals surface area contributed by atoms with Crippen LogP contribution in [0.4, 0.5) is 0 Å². The summed E-state index contributed by atoms with van der Waals surface area (Å²) >= 11 is 5.93. The van der Waals surface area contributed by atoms with Crippen LogP contribution in [0.5, 0.6) is 0 Å². The number of carboxylic acids is 1. The summed E-state index contributed by atoms with van der Waals surface area (Å²) in [7, 11) is 0. The van der Waals surface area contributed by atoms with E-state index in [-0.39, 0.29) is 0 Å². The first kappa shape index (κ1) is 11.0. The Kier molecular flexibility index (Phi) is 3.16. The second-order valence-corrected chi connectivity index (χ2v) is 3.57. The summed E-state index contributed by atoms with van der Waals surface area (Å²) in [5, 5.41) is 13.6. The van der Waals surface area contributed by atoms with Gasteiger partial charge in [0.1, 0.15) is 6.04 Å². The van der Waals surface area contributed by atoms with Crippen LogP contribution in [0, 0.1) is 13.8 Å². The predicted octanol–water partition coefficient (Wildman–Crippen LogP) is 2.19. The van der Waals surface area contributed by atoms with Gasteiger partial charge in [-0.3, -0.25) is 4.68 Å². The summed E-state index contributed by atoms with van der Waals surface area (Å²) in [4.78, 5) is 10.9. The van der Waals surface area contributed by atoms with Crippen molar-refractivity contribution in [1.29, 1.82) is 0 Å². The Morgan fingerprint density at radius 2 is 2.21 bits per heavy atom. The van der Waals surface area contributed by atoms with Gasteiger partial charge in [0.15, 0.2) is 0 Å². The van der Waals surface area contributed by atoms with Crippen LogP contribution in [0.3, 0.4) is 0 Å². The molecule has 1 atom stereocenters. The van der Waals surface area contributed by atoms with E-state index in [1.807, 2.05) is 6.92 Å². The van der Waals surface area contributed by atoms with Crippen molar-refractivity contribution < 1.29 is 9.90 Å². The van der Waals surface area contributed by atoms with Crippen molar-refractivity contribution in [3.8, 4) is 0 Å². The third kappa shape index (κ3) is 1.75. The van der Waals surface area contributed by atoms with Crippen molar-refractivity contribution in [3.05, 3.63) is 16.4 Å². The van der Waals surface area contributed by atoms with Crippen LogP contribution in [0.1, 0.15) is 30.8 Å². The van der Waals surface area contributed by atoms with Crippen molar-refractivity contribution in [2.24, 2.45) is 0 Å². The third-order valence-corrected chi connectivity index (χ3v) is 2.75. The zero-order chi connectivity index (χ0) is 10.9. The van der Waals surface area contributed by atoms with Crippen LogP contribution in [-0.2, 0) is 4.79 Å². The summed E-state index contributed by atoms with van der Waals surface area (Å²) in [5.74, 6) is -0.880. The van der Waals surface area contributed by atoms with Gasteiger partial charge in [0.2, 0.25) is 0 Å². The number of rotatable bonds is 3. The van der Waals surface area contributed by atoms with Gasteiger partial charge in [0.05, 0.1) is 16.4 Å². The first-order valence-electron chi connectivity index (χ1n) is 4.43. The smallest absolute Gasteiger partial charge is 0.328 e. The minimum Gasteiger partial charge on any atom is -0.480 e. The van der Waals surface area contributed by atoms with Gasteiger partial charge in [-0.05, 0) is 20.3 Å². The molecule has 0 spiro atoms. The number of hydrogen-bond acceptors (Lipinski definition) is 2. The molecule has 78 valence electrons. The number of aliphatic carboxylic acids is 1. The molecule has 1 rings (SSSR count). The fourth-order valence-corrected chi connectivity index (χ4v) is 1.52. The largest absolute Gasteiger partial charge is 0.480 e. The molecule has 1 N–H and O–H groups in total. The lowest BCUT2D eigenvalue weighted by atomic mass is 10.2. The molecule has 0 aromatic carbocycles. The molecule has 4 nitrogen and oxygen atoms in total. The van der Waals surface area contributed by atoms with Crippen LogP contribution in [-0.4, -0.2) is 20.9 Å². The molecule has 0 saturated heterocycles. The van der Waals surface area contributed by atoms with Crippen LogP contribution in [0.25, 0.3) is 0 Å². The molecule has 0 aliphatic rings. The average molecular weight is 217 g/mol. The first-order valence-corrected chi connectivity index (χ1v) is 4.80. The molecular weight excluding hydrogens is 204 g/mol. The van der Waals surface area contributed by atoms with Gasteiger partial charge in [-0.15, -0.1) is 0 Å². The molecule has 0 radical (unpaired) electrons. The molecule has 0 bridgehead atoms. The molecule has 0 amide bonds. The number of nitrogens with zero attached hydrogens (tertiary/aromatic N) is 2. The lowest BCUT2D eigenvalue weighted by molar-refractivity contribution is -0.141. The highest BCUT2D eigenvalue weighted by atomic mass is 35.5. The minimum absolute atomic E-state index is 0.494. The van der Waals surface area contributed by atoms with E-state index in [1.54, 1.807) is 13.8 Å². The number of aryl methyl sites for hydroxylation is 1. The van der Waals surface area contributed by atoms with Crippen LogP contribution < -0.4 is 0 Å². The van der Waals surface area contributed by atoms with E-state index in [0.717, 1.165) is 0 Å². The Labute approximate surface area is 87.5 Å². The Hall–Kier alpha value is -1.03. The van der Waals surface area contributed by atoms with E-state index in [4.69, 9.17) is 16.7 Å². The molecule has 1 aromatic heterocycles. The lowest BCUT2D eigenvalue weighted by Crippen LogP contribution is -2.20. The summed E-state index contributed by atoms with van der Waals surface area (Å²) in [6.07, 6.45) is 0.494. The SMILES string of the molecule is CC[C@@H](C(=O)O)n1nc(C)c(Cl)c1C. The van der Waals surface area contributed by atoms with Gasteiger partial charge >= 0.3 is 5.97 Å². The van der Waals surface area contributed by atoms with E-state index < -0.39 is 12.0 Å². The summed E-state index contributed by atoms with van der Waals surface area (Å²) < 4.78 is 1.47. The number of hydrogen-bond donors (Lipinski definition) is 1. The highest BCUT2D eigenvalue weighted by Crippen LogP contribution is 2.23. The molecule has 0 fully saturated rings. The standard InChI is InChI=1S/C9H13ClN2O2/c1-4-7(9(13)14)12-6(3)8(10)5(2)11-12/h7H,4H2,1-3H3,(H,13,14)/t7-/m0/s1. The highest BCUT2D eigenvalue weighted by molar-refractivity contribution is 6.31. The maximum absolute atomic E-state index is 10.9. The molecular formula is C9H13ClN2O2. The Bertz CT molecular complexity index is 360. The molecule has 1 heterocycles. The van der Waals surface area contributed by atoms with E-state index in [9.17, 15) is 4.79 Å². The molecule has 0 unspecified atom stereocenters. The second-order valence-electron chi connectivity index (χ2n) is 3.19.